The number of ether oxygens (including phenoxy) is 1. The predicted octanol–water partition coefficient (Wildman–Crippen LogP) is 7.84. The summed E-state index contributed by atoms with van der Waals surface area (Å²) in [4.78, 5) is 31.3. The van der Waals surface area contributed by atoms with Crippen LogP contribution in [0.5, 0.6) is 0 Å². The summed E-state index contributed by atoms with van der Waals surface area (Å²) >= 11 is 11.7. The Balaban J connectivity index is 0.000000420. The Morgan fingerprint density at radius 3 is 2.00 bits per heavy atom. The fourth-order valence-electron chi connectivity index (χ4n) is 2.96. The van der Waals surface area contributed by atoms with Crippen LogP contribution >= 0.6 is 23.2 Å². The Morgan fingerprint density at radius 1 is 0.974 bits per heavy atom. The van der Waals surface area contributed by atoms with E-state index in [0.29, 0.717) is 6.61 Å². The molecule has 0 bridgehead atoms. The lowest BCUT2D eigenvalue weighted by molar-refractivity contribution is -0.874. The smallest absolute Gasteiger partial charge is 0.336 e. The van der Waals surface area contributed by atoms with E-state index in [1.807, 2.05) is 13.1 Å². The second kappa shape index (κ2) is 16.3. The topological polar surface area (TPSA) is 151 Å². The van der Waals surface area contributed by atoms with Crippen LogP contribution in [0.2, 0.25) is 10.0 Å². The third-order valence-corrected chi connectivity index (χ3v) is 6.06. The zero-order valence-corrected chi connectivity index (χ0v) is 23.1. The van der Waals surface area contributed by atoms with Crippen LogP contribution in [-0.2, 0) is 9.53 Å². The quantitative estimate of drug-likeness (QED) is 0.0634. The highest BCUT2D eigenvalue weighted by molar-refractivity contribution is 6.33. The Hall–Kier alpha value is -3.61. The van der Waals surface area contributed by atoms with Crippen molar-refractivity contribution in [2.75, 3.05) is 26.2 Å². The number of non-ortho nitro benzene ring substituents is 2. The van der Waals surface area contributed by atoms with Gasteiger partial charge in [0.1, 0.15) is 6.20 Å². The van der Waals surface area contributed by atoms with Gasteiger partial charge in [-0.15, -0.1) is 0 Å². The summed E-state index contributed by atoms with van der Waals surface area (Å²) in [5.74, 6) is -0.227. The van der Waals surface area contributed by atoms with Gasteiger partial charge < -0.3 is 15.3 Å². The van der Waals surface area contributed by atoms with Crippen molar-refractivity contribution in [3.05, 3.63) is 84.4 Å². The van der Waals surface area contributed by atoms with Crippen molar-refractivity contribution in [2.24, 2.45) is 10.3 Å². The first-order valence-electron chi connectivity index (χ1n) is 11.7. The molecule has 0 aliphatic carbocycles. The first-order valence-corrected chi connectivity index (χ1v) is 12.5. The lowest BCUT2D eigenvalue weighted by atomic mass is 10.3. The molecule has 0 aliphatic heterocycles. The maximum atomic E-state index is 11.3. The Bertz CT molecular complexity index is 1160. The molecule has 0 amide bonds. The highest BCUT2D eigenvalue weighted by Gasteiger charge is 2.17. The summed E-state index contributed by atoms with van der Waals surface area (Å²) < 4.78 is 5.82. The van der Waals surface area contributed by atoms with Crippen molar-refractivity contribution in [3.8, 4) is 0 Å². The molecule has 0 saturated heterocycles. The summed E-state index contributed by atoms with van der Waals surface area (Å²) in [5.41, 5.74) is 3.72. The van der Waals surface area contributed by atoms with Crippen LogP contribution < -0.4 is 0 Å². The second-order valence-corrected chi connectivity index (χ2v) is 8.54. The van der Waals surface area contributed by atoms with Gasteiger partial charge in [-0.2, -0.15) is 0 Å². The maximum absolute atomic E-state index is 11.3. The van der Waals surface area contributed by atoms with Crippen LogP contribution in [0.3, 0.4) is 0 Å². The summed E-state index contributed by atoms with van der Waals surface area (Å²) in [6.45, 7) is 11.9. The van der Waals surface area contributed by atoms with Crippen molar-refractivity contribution < 1.29 is 23.9 Å². The number of hydrogen-bond donors (Lipinski definition) is 0. The van der Waals surface area contributed by atoms with Gasteiger partial charge in [0.2, 0.25) is 0 Å². The minimum atomic E-state index is -0.589. The molecule has 0 atom stereocenters. The average Bonchev–Trinajstić information content (AvgIpc) is 2.90. The molecule has 0 N–H and O–H groups in total. The third-order valence-electron chi connectivity index (χ3n) is 5.45. The first kappa shape index (κ1) is 32.4. The van der Waals surface area contributed by atoms with Gasteiger partial charge in [0, 0.05) is 24.3 Å². The average molecular weight is 569 g/mol. The van der Waals surface area contributed by atoms with E-state index in [0.717, 1.165) is 42.7 Å². The molecular formula is C24H30Cl2N6O6. The number of nitrogens with zero attached hydrogens (tertiary/aromatic N) is 6. The summed E-state index contributed by atoms with van der Waals surface area (Å²) in [5, 5.41) is 28.5. The van der Waals surface area contributed by atoms with Crippen molar-refractivity contribution >= 4 is 51.9 Å². The van der Waals surface area contributed by atoms with Gasteiger partial charge in [-0.3, -0.25) is 29.9 Å². The minimum Gasteiger partial charge on any atom is -0.462 e. The number of halogens is 2. The van der Waals surface area contributed by atoms with E-state index in [2.05, 4.69) is 36.5 Å². The largest absolute Gasteiger partial charge is 0.462 e. The third kappa shape index (κ3) is 10.4. The summed E-state index contributed by atoms with van der Waals surface area (Å²) in [6.07, 6.45) is 4.39. The Kier molecular flexibility index (Phi) is 13.9. The van der Waals surface area contributed by atoms with Crippen molar-refractivity contribution in [2.45, 2.75) is 34.1 Å². The van der Waals surface area contributed by atoms with Crippen LogP contribution in [0.1, 0.15) is 34.1 Å². The Labute approximate surface area is 230 Å². The highest BCUT2D eigenvalue weighted by atomic mass is 35.5. The molecule has 0 aromatic heterocycles. The normalized spacial score (nSPS) is 11.2. The van der Waals surface area contributed by atoms with E-state index < -0.39 is 9.85 Å². The molecule has 0 fully saturated rings. The molecular weight excluding hydrogens is 539 g/mol. The molecule has 14 heteroatoms. The number of benzene rings is 2. The molecule has 0 aliphatic rings. The van der Waals surface area contributed by atoms with Crippen LogP contribution in [0.15, 0.2) is 59.0 Å². The number of hydrogen-bond acceptors (Lipinski definition) is 8. The van der Waals surface area contributed by atoms with Crippen LogP contribution in [-0.4, -0.2) is 46.5 Å². The summed E-state index contributed by atoms with van der Waals surface area (Å²) in [7, 11) is 0. The van der Waals surface area contributed by atoms with Gasteiger partial charge in [-0.1, -0.05) is 30.1 Å². The van der Waals surface area contributed by atoms with Gasteiger partial charge in [-0.05, 0) is 50.7 Å². The van der Waals surface area contributed by atoms with Crippen LogP contribution in [0.25, 0.3) is 5.43 Å². The van der Waals surface area contributed by atoms with Crippen LogP contribution in [0, 0.1) is 20.2 Å². The van der Waals surface area contributed by atoms with E-state index in [1.54, 1.807) is 6.08 Å². The number of quaternary nitrogens is 1. The molecule has 12 nitrogen and oxygen atoms in total. The van der Waals surface area contributed by atoms with E-state index in [-0.39, 0.29) is 38.8 Å². The lowest BCUT2D eigenvalue weighted by Gasteiger charge is -2.31. The molecule has 38 heavy (non-hydrogen) atoms. The highest BCUT2D eigenvalue weighted by Crippen LogP contribution is 2.34. The van der Waals surface area contributed by atoms with Crippen molar-refractivity contribution in [1.29, 1.82) is 0 Å². The van der Waals surface area contributed by atoms with Gasteiger partial charge >= 0.3 is 5.97 Å². The standard InChI is InChI=1S/C12H6Cl2N5O4.C12H24NO2/c13-9-5-7(18(20)21)1-3-11(9)15-17-16-12-4-2-8(19(22)23)6-10(12)14;1-5-11-15-12(14)9-10-13(6-2,7-3)8-4/h1-6H;9-10H,5-8,11H2,1-4H3/q-1;+1/b;10-9+. The molecule has 0 unspecified atom stereocenters. The lowest BCUT2D eigenvalue weighted by Crippen LogP contribution is -2.42. The molecule has 0 radical (unpaired) electrons. The number of rotatable bonds is 12. The van der Waals surface area contributed by atoms with Crippen molar-refractivity contribution in [3.63, 3.8) is 0 Å². The molecule has 0 heterocycles. The van der Waals surface area contributed by atoms with E-state index in [4.69, 9.17) is 27.9 Å². The fourth-order valence-corrected chi connectivity index (χ4v) is 3.38. The number of nitro groups is 2. The number of carbonyl (C=O) groups is 1. The number of nitro benzene ring substituents is 2. The van der Waals surface area contributed by atoms with Crippen LogP contribution in [0.4, 0.5) is 22.7 Å². The predicted molar refractivity (Wildman–Crippen MR) is 146 cm³/mol. The number of carbonyl (C=O) groups excluding carboxylic acids is 1. The molecule has 2 aromatic carbocycles. The molecule has 206 valence electrons. The number of esters is 1. The fraction of sp³-hybridized carbons (Fsp3) is 0.375. The zero-order chi connectivity index (χ0) is 28.7. The zero-order valence-electron chi connectivity index (χ0n) is 21.5. The van der Waals surface area contributed by atoms with E-state index >= 15 is 0 Å². The van der Waals surface area contributed by atoms with E-state index in [9.17, 15) is 25.0 Å². The Morgan fingerprint density at radius 2 is 1.53 bits per heavy atom. The summed E-state index contributed by atoms with van der Waals surface area (Å²) in [6, 6.07) is 7.34. The molecule has 0 saturated carbocycles. The molecule has 2 aromatic rings. The first-order chi connectivity index (χ1) is 18.0. The monoisotopic (exact) mass is 568 g/mol. The second-order valence-electron chi connectivity index (χ2n) is 7.73. The molecule has 2 rings (SSSR count). The molecule has 0 spiro atoms. The van der Waals surface area contributed by atoms with Gasteiger partial charge in [0.25, 0.3) is 11.4 Å². The SMILES string of the molecule is CCCOC(=O)/C=C/[N+](CC)(CC)CC.O=[N+]([O-])c1ccc(N=N[N-]c2ccc([N+](=O)[O-])cc2Cl)c(Cl)c1. The van der Waals surface area contributed by atoms with Crippen molar-refractivity contribution in [1.82, 2.24) is 0 Å². The minimum absolute atomic E-state index is 0.0351. The van der Waals surface area contributed by atoms with Gasteiger partial charge in [0.15, 0.2) is 0 Å². The van der Waals surface area contributed by atoms with Gasteiger partial charge in [-0.25, -0.2) is 4.79 Å². The van der Waals surface area contributed by atoms with E-state index in [1.165, 1.54) is 24.3 Å². The van der Waals surface area contributed by atoms with Gasteiger partial charge in [0.05, 0.1) is 52.2 Å². The maximum Gasteiger partial charge on any atom is 0.336 e.